The standard InChI is InChI=1S/C58H80N2O14.C27H44O3.2ClH/c1-59(25-21-41-35-47(63-3)49(65-5)37-43(41)45(59)29-39-31-51(67-7)57(71-11)52(32-39)68-8)23-17-27-73-55(61)19-15-13-14-16-20-56(62)74-28-18-24-60(2)26-22-42-36-48(64-4)50(66-6)38-44(42)46(60)30-40-33-53(69-9)58(72-12)54(34-40)70-10;1-18(8-6-14-26(3,4)30)23-12-13-24-20(9-7-15-27(23,24)5)10-11-21-16-22(28)17-25(29)19(21)2;;/h13-14,31-38,45-46H,15-30H2,1-12H3;10-11,18,22-25,28-30H,2,6-9,12-17H2,1,3-5H3;2*1H/q+2;;;/p-2/b14-13+;20-10+,21-11-;;/t45-,46-,59?,60?;18-,22-,23-,24+,25+,27-;;/m11../s1. The van der Waals surface area contributed by atoms with Crippen molar-refractivity contribution in [1.82, 2.24) is 0 Å². The summed E-state index contributed by atoms with van der Waals surface area (Å²) in [5, 5.41) is 30.2. The smallest absolute Gasteiger partial charge is 0.306 e. The van der Waals surface area contributed by atoms with Gasteiger partial charge in [-0.1, -0.05) is 63.1 Å². The highest BCUT2D eigenvalue weighted by Crippen LogP contribution is 2.60. The molecule has 0 radical (unpaired) electrons. The molecule has 4 aromatic rings. The Morgan fingerprint density at radius 2 is 1.04 bits per heavy atom. The highest BCUT2D eigenvalue weighted by atomic mass is 35.5. The largest absolute Gasteiger partial charge is 1.00 e. The SMILES string of the molecule is C=C1/C(=C\C=C2/CCC[C@]3(C)[C@@H]([C@H](C)CCCC(C)(C)O)CC[C@@H]23)C[C@@H](O)C[C@@H]1O.COc1cc2c(cc1OC)[C@@H](Cc1cc(OC)c(OC)c(OC)c1)[N+](C)(CCCOC(=O)CC/C=C/CCC(=O)OCCC[N+]1(C)CCc3cc(OC)c(OC)cc3[C@H]1Cc1cc(OC)c(OC)c(OC)c1)CC2.[Cl-].[Cl-]. The molecule has 4 aromatic carbocycles. The van der Waals surface area contributed by atoms with Crippen LogP contribution in [0.4, 0.5) is 0 Å². The molecular formula is C85H124Cl2N2O17. The van der Waals surface area contributed by atoms with Gasteiger partial charge in [0.1, 0.15) is 12.1 Å². The van der Waals surface area contributed by atoms with Gasteiger partial charge in [-0.25, -0.2) is 0 Å². The van der Waals surface area contributed by atoms with Gasteiger partial charge in [0.2, 0.25) is 11.5 Å². The molecule has 2 heterocycles. The van der Waals surface area contributed by atoms with Crippen molar-refractivity contribution in [3.8, 4) is 57.5 Å². The van der Waals surface area contributed by atoms with Gasteiger partial charge in [0.15, 0.2) is 46.0 Å². The fraction of sp³-hybridized carbons (Fsp3) is 0.600. The normalized spacial score (nSPS) is 24.2. The van der Waals surface area contributed by atoms with E-state index in [1.807, 2.05) is 50.3 Å². The second-order valence-electron chi connectivity index (χ2n) is 30.7. The van der Waals surface area contributed by atoms with E-state index in [1.165, 1.54) is 60.8 Å². The van der Waals surface area contributed by atoms with Crippen LogP contribution in [0.1, 0.15) is 176 Å². The fourth-order valence-electron chi connectivity index (χ4n) is 17.6. The third-order valence-electron chi connectivity index (χ3n) is 23.4. The van der Waals surface area contributed by atoms with E-state index in [0.29, 0.717) is 139 Å². The van der Waals surface area contributed by atoms with E-state index in [1.54, 1.807) is 76.7 Å². The highest BCUT2D eigenvalue weighted by molar-refractivity contribution is 5.70. The number of benzene rings is 4. The van der Waals surface area contributed by atoms with E-state index >= 15 is 0 Å². The van der Waals surface area contributed by atoms with Gasteiger partial charge in [0.25, 0.3) is 0 Å². The highest BCUT2D eigenvalue weighted by Gasteiger charge is 2.51. The Balaban J connectivity index is 0.000000458. The van der Waals surface area contributed by atoms with Crippen LogP contribution < -0.4 is 72.2 Å². The number of likely N-dealkylation sites (N-methyl/N-ethyl adjacent to an activating group) is 2. The zero-order chi connectivity index (χ0) is 75.5. The molecule has 590 valence electrons. The molecule has 0 saturated heterocycles. The molecule has 3 saturated carbocycles. The summed E-state index contributed by atoms with van der Waals surface area (Å²) >= 11 is 0. The van der Waals surface area contributed by atoms with Crippen LogP contribution in [0, 0.1) is 23.2 Å². The lowest BCUT2D eigenvalue weighted by Crippen LogP contribution is -3.00. The van der Waals surface area contributed by atoms with Gasteiger partial charge in [-0.2, -0.15) is 0 Å². The van der Waals surface area contributed by atoms with Crippen molar-refractivity contribution >= 4 is 11.9 Å². The van der Waals surface area contributed by atoms with E-state index in [2.05, 4.69) is 70.9 Å². The predicted octanol–water partition coefficient (Wildman–Crippen LogP) is 8.74. The van der Waals surface area contributed by atoms with Gasteiger partial charge in [-0.05, 0) is 177 Å². The van der Waals surface area contributed by atoms with Gasteiger partial charge in [-0.15, -0.1) is 0 Å². The summed E-state index contributed by atoms with van der Waals surface area (Å²) in [4.78, 5) is 25.7. The number of ether oxygens (including phenoxy) is 12. The quantitative estimate of drug-likeness (QED) is 0.0173. The lowest BCUT2D eigenvalue weighted by atomic mass is 9.60. The summed E-state index contributed by atoms with van der Waals surface area (Å²) < 4.78 is 69.8. The maximum absolute atomic E-state index is 12.9. The van der Waals surface area contributed by atoms with Crippen molar-refractivity contribution in [2.45, 2.75) is 186 Å². The number of esters is 2. The maximum Gasteiger partial charge on any atom is 0.306 e. The minimum Gasteiger partial charge on any atom is -1.00 e. The first-order valence-electron chi connectivity index (χ1n) is 37.7. The molecule has 21 heteroatoms. The first kappa shape index (κ1) is 88.1. The van der Waals surface area contributed by atoms with Crippen LogP contribution in [0.5, 0.6) is 57.5 Å². The molecule has 10 atom stereocenters. The number of fused-ring (bicyclic) bond motifs is 3. The fourth-order valence-corrected chi connectivity index (χ4v) is 17.6. The monoisotopic (exact) mass is 1510 g/mol. The zero-order valence-electron chi connectivity index (χ0n) is 66.3. The molecule has 3 N–H and O–H groups in total. The topological polar surface area (TPSA) is 206 Å². The molecule has 3 fully saturated rings. The van der Waals surface area contributed by atoms with Crippen molar-refractivity contribution in [3.05, 3.63) is 130 Å². The van der Waals surface area contributed by atoms with Gasteiger partial charge in [-0.3, -0.25) is 9.59 Å². The molecule has 19 nitrogen and oxygen atoms in total. The molecule has 0 bridgehead atoms. The Hall–Kier alpha value is -6.84. The summed E-state index contributed by atoms with van der Waals surface area (Å²) in [6.45, 7) is 16.9. The molecule has 106 heavy (non-hydrogen) atoms. The van der Waals surface area contributed by atoms with Crippen molar-refractivity contribution in [2.24, 2.45) is 23.2 Å². The number of methoxy groups -OCH3 is 10. The minimum atomic E-state index is -0.615. The van der Waals surface area contributed by atoms with E-state index in [4.69, 9.17) is 56.8 Å². The van der Waals surface area contributed by atoms with Crippen LogP contribution >= 0.6 is 0 Å². The van der Waals surface area contributed by atoms with E-state index in [9.17, 15) is 24.9 Å². The number of halogens is 2. The van der Waals surface area contributed by atoms with Gasteiger partial charge >= 0.3 is 11.9 Å². The van der Waals surface area contributed by atoms with E-state index < -0.39 is 17.8 Å². The molecule has 9 rings (SSSR count). The van der Waals surface area contributed by atoms with Crippen LogP contribution in [0.2, 0.25) is 0 Å². The van der Waals surface area contributed by atoms with Crippen LogP contribution in [0.3, 0.4) is 0 Å². The van der Waals surface area contributed by atoms with Crippen molar-refractivity contribution in [2.75, 3.05) is 125 Å². The number of hydrogen-bond acceptors (Lipinski definition) is 17. The van der Waals surface area contributed by atoms with Gasteiger partial charge in [0.05, 0.1) is 142 Å². The predicted molar refractivity (Wildman–Crippen MR) is 406 cm³/mol. The Bertz CT molecular complexity index is 3420. The van der Waals surface area contributed by atoms with Crippen LogP contribution in [0.15, 0.2) is 96.1 Å². The zero-order valence-corrected chi connectivity index (χ0v) is 67.8. The summed E-state index contributed by atoms with van der Waals surface area (Å²) in [6.07, 6.45) is 23.8. The third-order valence-corrected chi connectivity index (χ3v) is 23.4. The molecule has 0 spiro atoms. The number of carbonyl (C=O) groups excluding carboxylic acids is 2. The molecule has 0 amide bonds. The number of aliphatic hydroxyl groups excluding tert-OH is 2. The average molecular weight is 1520 g/mol. The Labute approximate surface area is 644 Å². The van der Waals surface area contributed by atoms with Crippen molar-refractivity contribution in [1.29, 1.82) is 0 Å². The average Bonchev–Trinajstić information content (AvgIpc) is 0.911. The number of allylic oxidation sites excluding steroid dienone is 5. The van der Waals surface area contributed by atoms with E-state index in [0.717, 1.165) is 89.0 Å². The summed E-state index contributed by atoms with van der Waals surface area (Å²) in [5.74, 6) is 7.92. The first-order chi connectivity index (χ1) is 49.8. The lowest BCUT2D eigenvalue weighted by molar-refractivity contribution is -0.941. The number of aliphatic hydroxyl groups is 3. The molecular weight excluding hydrogens is 1390 g/mol. The Morgan fingerprint density at radius 1 is 0.604 bits per heavy atom. The number of nitrogens with zero attached hydrogens (tertiary/aromatic N) is 2. The molecule has 2 unspecified atom stereocenters. The van der Waals surface area contributed by atoms with E-state index in [-0.39, 0.29) is 61.7 Å². The number of carbonyl (C=O) groups is 2. The van der Waals surface area contributed by atoms with Crippen LogP contribution in [-0.4, -0.2) is 179 Å². The lowest BCUT2D eigenvalue weighted by Gasteiger charge is -2.46. The Kier molecular flexibility index (Phi) is 33.7. The molecule has 2 aliphatic heterocycles. The summed E-state index contributed by atoms with van der Waals surface area (Å²) in [6, 6.07) is 16.5. The summed E-state index contributed by atoms with van der Waals surface area (Å²) in [7, 11) is 20.9. The van der Waals surface area contributed by atoms with Crippen LogP contribution in [0.25, 0.3) is 0 Å². The summed E-state index contributed by atoms with van der Waals surface area (Å²) in [5.41, 5.74) is 10.1. The molecule has 3 aliphatic carbocycles. The maximum atomic E-state index is 12.9. The van der Waals surface area contributed by atoms with Crippen LogP contribution in [-0.2, 0) is 44.7 Å². The second kappa shape index (κ2) is 40.6. The van der Waals surface area contributed by atoms with Crippen molar-refractivity contribution in [3.63, 3.8) is 0 Å². The van der Waals surface area contributed by atoms with Crippen molar-refractivity contribution < 1.29 is 116 Å². The first-order valence-corrected chi connectivity index (χ1v) is 37.7. The van der Waals surface area contributed by atoms with Gasteiger partial charge in [0, 0.05) is 68.9 Å². The minimum absolute atomic E-state index is 0. The Morgan fingerprint density at radius 3 is 1.45 bits per heavy atom. The molecule has 5 aliphatic rings. The number of hydrogen-bond donors (Lipinski definition) is 3. The molecule has 0 aromatic heterocycles. The second-order valence-corrected chi connectivity index (χ2v) is 30.7. The number of rotatable bonds is 34. The number of quaternary nitrogens is 2. The van der Waals surface area contributed by atoms with Gasteiger partial charge < -0.3 is 106 Å². The third kappa shape index (κ3) is 22.0.